The van der Waals surface area contributed by atoms with Gasteiger partial charge in [-0.05, 0) is 31.0 Å². The Hall–Kier alpha value is -1.55. The van der Waals surface area contributed by atoms with Crippen LogP contribution in [0.5, 0.6) is 0 Å². The zero-order valence-corrected chi connectivity index (χ0v) is 10.6. The van der Waals surface area contributed by atoms with Gasteiger partial charge in [-0.1, -0.05) is 24.6 Å². The van der Waals surface area contributed by atoms with E-state index in [1.807, 2.05) is 13.8 Å². The first-order chi connectivity index (χ1) is 8.04. The maximum atomic E-state index is 11.4. The molecule has 5 heteroatoms. The number of carbonyl (C=O) groups is 2. The van der Waals surface area contributed by atoms with E-state index in [4.69, 9.17) is 11.6 Å². The molecule has 0 bridgehead atoms. The minimum atomic E-state index is -0.682. The second-order valence-corrected chi connectivity index (χ2v) is 4.08. The molecule has 1 aromatic rings. The van der Waals surface area contributed by atoms with Crippen LogP contribution in [0.15, 0.2) is 18.2 Å². The van der Waals surface area contributed by atoms with E-state index in [1.54, 1.807) is 18.2 Å². The zero-order valence-electron chi connectivity index (χ0n) is 9.84. The Labute approximate surface area is 105 Å². The van der Waals surface area contributed by atoms with Crippen LogP contribution in [0.25, 0.3) is 0 Å². The van der Waals surface area contributed by atoms with E-state index in [0.717, 1.165) is 12.0 Å². The highest BCUT2D eigenvalue weighted by atomic mass is 35.5. The SMILES string of the molecule is CCCNC(=O)C(=O)Nc1ccc(C)c(Cl)c1. The van der Waals surface area contributed by atoms with Gasteiger partial charge in [0.1, 0.15) is 0 Å². The summed E-state index contributed by atoms with van der Waals surface area (Å²) in [6.07, 6.45) is 0.787. The zero-order chi connectivity index (χ0) is 12.8. The van der Waals surface area contributed by atoms with Crippen molar-refractivity contribution in [2.75, 3.05) is 11.9 Å². The lowest BCUT2D eigenvalue weighted by molar-refractivity contribution is -0.136. The maximum Gasteiger partial charge on any atom is 0.313 e. The number of benzene rings is 1. The number of nitrogens with one attached hydrogen (secondary N) is 2. The van der Waals surface area contributed by atoms with E-state index in [1.165, 1.54) is 0 Å². The lowest BCUT2D eigenvalue weighted by Crippen LogP contribution is -2.35. The number of hydrogen-bond acceptors (Lipinski definition) is 2. The number of halogens is 1. The van der Waals surface area contributed by atoms with Gasteiger partial charge in [-0.2, -0.15) is 0 Å². The molecule has 0 fully saturated rings. The first-order valence-electron chi connectivity index (χ1n) is 5.40. The Balaban J connectivity index is 2.61. The monoisotopic (exact) mass is 254 g/mol. The molecule has 0 aromatic heterocycles. The Bertz CT molecular complexity index is 433. The van der Waals surface area contributed by atoms with Crippen LogP contribution in [0, 0.1) is 6.92 Å². The molecule has 0 aliphatic heterocycles. The van der Waals surface area contributed by atoms with Gasteiger partial charge >= 0.3 is 11.8 Å². The van der Waals surface area contributed by atoms with Gasteiger partial charge in [0.15, 0.2) is 0 Å². The first-order valence-corrected chi connectivity index (χ1v) is 5.77. The Morgan fingerprint density at radius 1 is 1.29 bits per heavy atom. The summed E-state index contributed by atoms with van der Waals surface area (Å²) in [5.74, 6) is -1.32. The molecule has 2 N–H and O–H groups in total. The average molecular weight is 255 g/mol. The maximum absolute atomic E-state index is 11.4. The predicted molar refractivity (Wildman–Crippen MR) is 68.1 cm³/mol. The highest BCUT2D eigenvalue weighted by Crippen LogP contribution is 2.19. The summed E-state index contributed by atoms with van der Waals surface area (Å²) in [7, 11) is 0. The lowest BCUT2D eigenvalue weighted by Gasteiger charge is -2.06. The van der Waals surface area contributed by atoms with Gasteiger partial charge in [-0.25, -0.2) is 0 Å². The van der Waals surface area contributed by atoms with Crippen LogP contribution in [0.4, 0.5) is 5.69 Å². The molecule has 0 spiro atoms. The normalized spacial score (nSPS) is 9.82. The third kappa shape index (κ3) is 4.07. The molecule has 0 aliphatic carbocycles. The molecule has 0 saturated heterocycles. The van der Waals surface area contributed by atoms with Crippen LogP contribution in [-0.2, 0) is 9.59 Å². The molecule has 0 atom stereocenters. The third-order valence-corrected chi connectivity index (χ3v) is 2.58. The summed E-state index contributed by atoms with van der Waals surface area (Å²) in [5, 5.41) is 5.53. The highest BCUT2D eigenvalue weighted by Gasteiger charge is 2.12. The molecule has 0 saturated carbocycles. The number of rotatable bonds is 3. The van der Waals surface area contributed by atoms with Crippen molar-refractivity contribution in [3.05, 3.63) is 28.8 Å². The van der Waals surface area contributed by atoms with Crippen molar-refractivity contribution >= 4 is 29.1 Å². The van der Waals surface area contributed by atoms with E-state index < -0.39 is 11.8 Å². The van der Waals surface area contributed by atoms with Crippen molar-refractivity contribution in [1.29, 1.82) is 0 Å². The fraction of sp³-hybridized carbons (Fsp3) is 0.333. The van der Waals surface area contributed by atoms with E-state index >= 15 is 0 Å². The second-order valence-electron chi connectivity index (χ2n) is 3.67. The number of amides is 2. The minimum Gasteiger partial charge on any atom is -0.348 e. The third-order valence-electron chi connectivity index (χ3n) is 2.17. The molecule has 4 nitrogen and oxygen atoms in total. The van der Waals surface area contributed by atoms with Gasteiger partial charge in [0, 0.05) is 17.3 Å². The van der Waals surface area contributed by atoms with Crippen LogP contribution < -0.4 is 10.6 Å². The number of hydrogen-bond donors (Lipinski definition) is 2. The molecule has 17 heavy (non-hydrogen) atoms. The summed E-state index contributed by atoms with van der Waals surface area (Å²) >= 11 is 5.91. The fourth-order valence-electron chi connectivity index (χ4n) is 1.18. The quantitative estimate of drug-likeness (QED) is 0.812. The van der Waals surface area contributed by atoms with Crippen LogP contribution in [0.3, 0.4) is 0 Å². The standard InChI is InChI=1S/C12H15ClN2O2/c1-3-6-14-11(16)12(17)15-9-5-4-8(2)10(13)7-9/h4-5,7H,3,6H2,1-2H3,(H,14,16)(H,15,17). The van der Waals surface area contributed by atoms with Crippen molar-refractivity contribution < 1.29 is 9.59 Å². The van der Waals surface area contributed by atoms with Gasteiger partial charge in [-0.3, -0.25) is 9.59 Å². The second kappa shape index (κ2) is 6.25. The molecule has 1 aromatic carbocycles. The number of aryl methyl sites for hydroxylation is 1. The van der Waals surface area contributed by atoms with Crippen molar-refractivity contribution in [1.82, 2.24) is 5.32 Å². The van der Waals surface area contributed by atoms with E-state index in [0.29, 0.717) is 17.3 Å². The Morgan fingerprint density at radius 3 is 2.59 bits per heavy atom. The van der Waals surface area contributed by atoms with E-state index in [9.17, 15) is 9.59 Å². The molecule has 0 unspecified atom stereocenters. The molecule has 2 amide bonds. The molecule has 1 rings (SSSR count). The van der Waals surface area contributed by atoms with Gasteiger partial charge < -0.3 is 10.6 Å². The Kier molecular flexibility index (Phi) is 4.97. The van der Waals surface area contributed by atoms with Crippen molar-refractivity contribution in [3.63, 3.8) is 0 Å². The molecular formula is C12H15ClN2O2. The van der Waals surface area contributed by atoms with Crippen molar-refractivity contribution in [3.8, 4) is 0 Å². The lowest BCUT2D eigenvalue weighted by atomic mass is 10.2. The number of anilines is 1. The highest BCUT2D eigenvalue weighted by molar-refractivity contribution is 6.39. The summed E-state index contributed by atoms with van der Waals surface area (Å²) < 4.78 is 0. The summed E-state index contributed by atoms with van der Waals surface area (Å²) in [6, 6.07) is 5.09. The van der Waals surface area contributed by atoms with E-state index in [2.05, 4.69) is 10.6 Å². The topological polar surface area (TPSA) is 58.2 Å². The molecule has 0 heterocycles. The summed E-state index contributed by atoms with van der Waals surface area (Å²) in [4.78, 5) is 22.8. The number of carbonyl (C=O) groups excluding carboxylic acids is 2. The minimum absolute atomic E-state index is 0.487. The molecule has 0 radical (unpaired) electrons. The molecule has 0 aliphatic rings. The largest absolute Gasteiger partial charge is 0.348 e. The van der Waals surface area contributed by atoms with Crippen LogP contribution in [0.2, 0.25) is 5.02 Å². The smallest absolute Gasteiger partial charge is 0.313 e. The average Bonchev–Trinajstić information content (AvgIpc) is 2.30. The molecular weight excluding hydrogens is 240 g/mol. The fourth-order valence-corrected chi connectivity index (χ4v) is 1.36. The van der Waals surface area contributed by atoms with Gasteiger partial charge in [0.2, 0.25) is 0 Å². The first kappa shape index (κ1) is 13.5. The van der Waals surface area contributed by atoms with Gasteiger partial charge in [0.05, 0.1) is 0 Å². The van der Waals surface area contributed by atoms with Crippen LogP contribution in [0.1, 0.15) is 18.9 Å². The van der Waals surface area contributed by atoms with Gasteiger partial charge in [0.25, 0.3) is 0 Å². The Morgan fingerprint density at radius 2 is 2.00 bits per heavy atom. The molecule has 92 valence electrons. The predicted octanol–water partition coefficient (Wildman–Crippen LogP) is 2.11. The van der Waals surface area contributed by atoms with Crippen molar-refractivity contribution in [2.45, 2.75) is 20.3 Å². The summed E-state index contributed by atoms with van der Waals surface area (Å²) in [6.45, 7) is 4.26. The van der Waals surface area contributed by atoms with Crippen LogP contribution >= 0.6 is 11.6 Å². The van der Waals surface area contributed by atoms with Crippen molar-refractivity contribution in [2.24, 2.45) is 0 Å². The van der Waals surface area contributed by atoms with E-state index in [-0.39, 0.29) is 0 Å². The van der Waals surface area contributed by atoms with Crippen LogP contribution in [-0.4, -0.2) is 18.4 Å². The van der Waals surface area contributed by atoms with Gasteiger partial charge in [-0.15, -0.1) is 0 Å². The summed E-state index contributed by atoms with van der Waals surface area (Å²) in [5.41, 5.74) is 1.43.